The van der Waals surface area contributed by atoms with Crippen LogP contribution in [0.15, 0.2) is 36.5 Å². The zero-order valence-electron chi connectivity index (χ0n) is 20.8. The first-order valence-electron chi connectivity index (χ1n) is 12.3. The van der Waals surface area contributed by atoms with Crippen LogP contribution >= 0.6 is 0 Å². The van der Waals surface area contributed by atoms with Crippen molar-refractivity contribution in [1.82, 2.24) is 25.5 Å². The van der Waals surface area contributed by atoms with Crippen LogP contribution in [0.5, 0.6) is 0 Å². The molecule has 198 valence electrons. The highest BCUT2D eigenvalue weighted by Gasteiger charge is 2.52. The van der Waals surface area contributed by atoms with Crippen molar-refractivity contribution < 1.29 is 22.8 Å². The lowest BCUT2D eigenvalue weighted by molar-refractivity contribution is -0.140. The monoisotopic (exact) mass is 517 g/mol. The molecular formula is C25H30F3N7O2. The van der Waals surface area contributed by atoms with Crippen LogP contribution in [0.4, 0.5) is 29.6 Å². The fourth-order valence-electron chi connectivity index (χ4n) is 5.80. The number of halogens is 3. The summed E-state index contributed by atoms with van der Waals surface area (Å²) in [5, 5.41) is 5.61. The number of aromatic nitrogens is 2. The topological polar surface area (TPSA) is 93.7 Å². The molecule has 3 heterocycles. The average Bonchev–Trinajstić information content (AvgIpc) is 3.19. The Morgan fingerprint density at radius 1 is 1.05 bits per heavy atom. The summed E-state index contributed by atoms with van der Waals surface area (Å²) in [6.45, 7) is 0.561. The first-order chi connectivity index (χ1) is 17.5. The number of benzene rings is 1. The van der Waals surface area contributed by atoms with Crippen molar-refractivity contribution in [1.29, 1.82) is 0 Å². The Balaban J connectivity index is 1.40. The molecular weight excluding hydrogens is 487 g/mol. The molecule has 0 radical (unpaired) electrons. The van der Waals surface area contributed by atoms with Gasteiger partial charge in [-0.2, -0.15) is 13.2 Å². The first kappa shape index (κ1) is 25.2. The van der Waals surface area contributed by atoms with E-state index in [0.717, 1.165) is 23.9 Å². The van der Waals surface area contributed by atoms with Gasteiger partial charge >= 0.3 is 12.2 Å². The lowest BCUT2D eigenvalue weighted by Crippen LogP contribution is -2.54. The third-order valence-electron chi connectivity index (χ3n) is 7.92. The Morgan fingerprint density at radius 2 is 1.76 bits per heavy atom. The van der Waals surface area contributed by atoms with E-state index in [-0.39, 0.29) is 36.2 Å². The maximum absolute atomic E-state index is 14.1. The molecule has 3 fully saturated rings. The number of carbonyl (C=O) groups excluding carboxylic acids is 2. The third-order valence-corrected chi connectivity index (χ3v) is 7.92. The van der Waals surface area contributed by atoms with E-state index in [9.17, 15) is 22.8 Å². The molecule has 1 aromatic heterocycles. The lowest BCUT2D eigenvalue weighted by Gasteiger charge is -2.48. The molecule has 2 aromatic rings. The molecule has 3 amide bonds. The minimum absolute atomic E-state index is 0.0992. The molecule has 9 nitrogen and oxygen atoms in total. The number of amides is 3. The van der Waals surface area contributed by atoms with Gasteiger partial charge in [-0.25, -0.2) is 14.8 Å². The maximum Gasteiger partial charge on any atom is 0.435 e. The van der Waals surface area contributed by atoms with Gasteiger partial charge < -0.3 is 15.5 Å². The largest absolute Gasteiger partial charge is 0.435 e. The number of hydrogen-bond acceptors (Lipinski definition) is 6. The second-order valence-corrected chi connectivity index (χ2v) is 10.3. The molecule has 2 saturated heterocycles. The van der Waals surface area contributed by atoms with Gasteiger partial charge in [0.15, 0.2) is 5.69 Å². The van der Waals surface area contributed by atoms with E-state index in [0.29, 0.717) is 25.9 Å². The second kappa shape index (κ2) is 9.16. The van der Waals surface area contributed by atoms with Crippen LogP contribution in [-0.2, 0) is 16.5 Å². The van der Waals surface area contributed by atoms with Crippen LogP contribution in [0, 0.1) is 0 Å². The fraction of sp³-hybridized carbons (Fsp3) is 0.520. The van der Waals surface area contributed by atoms with E-state index in [1.165, 1.54) is 10.5 Å². The van der Waals surface area contributed by atoms with Crippen LogP contribution in [0.3, 0.4) is 0 Å². The lowest BCUT2D eigenvalue weighted by atomic mass is 9.69. The summed E-state index contributed by atoms with van der Waals surface area (Å²) >= 11 is 0. The van der Waals surface area contributed by atoms with Crippen molar-refractivity contribution in [3.05, 3.63) is 47.8 Å². The molecule has 3 aliphatic rings. The van der Waals surface area contributed by atoms with Crippen molar-refractivity contribution in [2.24, 2.45) is 0 Å². The van der Waals surface area contributed by atoms with E-state index < -0.39 is 23.4 Å². The quantitative estimate of drug-likeness (QED) is 0.648. The zero-order chi connectivity index (χ0) is 26.4. The zero-order valence-corrected chi connectivity index (χ0v) is 20.8. The molecule has 37 heavy (non-hydrogen) atoms. The molecule has 1 spiro atoms. The highest BCUT2D eigenvalue weighted by Crippen LogP contribution is 2.47. The Bertz CT molecular complexity index is 1180. The van der Waals surface area contributed by atoms with Crippen LogP contribution in [-0.4, -0.2) is 72.6 Å². The normalized spacial score (nSPS) is 26.5. The number of nitrogens with zero attached hydrogens (tertiary/aromatic N) is 5. The molecule has 0 unspecified atom stereocenters. The standard InChI is InChI=1S/C25H30F3N7O2/c1-33(2)24(17-6-4-3-5-7-17)10-8-23(9-11-24)16-35(22(37)32-23)18-14-30-21(31-20(18)25(26,27)28)34-13-12-29-19(36)15-34/h3-7,14H,8-13,15-16H2,1-2H3,(H,29,36)(H,32,37)/t23-,24+. The predicted octanol–water partition coefficient (Wildman–Crippen LogP) is 2.73. The van der Waals surface area contributed by atoms with Crippen molar-refractivity contribution in [2.75, 3.05) is 50.1 Å². The summed E-state index contributed by atoms with van der Waals surface area (Å²) in [6, 6.07) is 9.58. The molecule has 1 aromatic carbocycles. The van der Waals surface area contributed by atoms with Crippen LogP contribution < -0.4 is 20.4 Å². The Labute approximate surface area is 213 Å². The van der Waals surface area contributed by atoms with Gasteiger partial charge in [-0.05, 0) is 45.3 Å². The molecule has 1 aliphatic carbocycles. The van der Waals surface area contributed by atoms with Crippen molar-refractivity contribution in [3.8, 4) is 0 Å². The predicted molar refractivity (Wildman–Crippen MR) is 131 cm³/mol. The minimum atomic E-state index is -4.80. The number of hydrogen-bond donors (Lipinski definition) is 2. The average molecular weight is 518 g/mol. The van der Waals surface area contributed by atoms with Gasteiger partial charge in [-0.1, -0.05) is 30.3 Å². The van der Waals surface area contributed by atoms with Gasteiger partial charge in [0.1, 0.15) is 0 Å². The Kier molecular flexibility index (Phi) is 6.25. The van der Waals surface area contributed by atoms with Gasteiger partial charge in [0.05, 0.1) is 30.5 Å². The minimum Gasteiger partial charge on any atom is -0.353 e. The van der Waals surface area contributed by atoms with Gasteiger partial charge in [0.25, 0.3) is 0 Å². The number of alkyl halides is 3. The number of piperazine rings is 1. The summed E-state index contributed by atoms with van der Waals surface area (Å²) in [7, 11) is 4.07. The van der Waals surface area contributed by atoms with E-state index in [4.69, 9.17) is 0 Å². The number of urea groups is 1. The van der Waals surface area contributed by atoms with Crippen LogP contribution in [0.1, 0.15) is 36.9 Å². The summed E-state index contributed by atoms with van der Waals surface area (Å²) in [6.07, 6.45) is -1.03. The summed E-state index contributed by atoms with van der Waals surface area (Å²) in [5.74, 6) is -0.494. The SMILES string of the molecule is CN(C)[C@]1(c2ccccc2)CC[C@]2(CC1)CN(c1cnc(N3CCNC(=O)C3)nc1C(F)(F)F)C(=O)N2. The number of nitrogens with one attached hydrogen (secondary N) is 2. The Hall–Kier alpha value is -3.41. The Morgan fingerprint density at radius 3 is 2.38 bits per heavy atom. The van der Waals surface area contributed by atoms with Gasteiger partial charge in [-0.15, -0.1) is 0 Å². The van der Waals surface area contributed by atoms with Crippen molar-refractivity contribution in [3.63, 3.8) is 0 Å². The highest BCUT2D eigenvalue weighted by molar-refractivity contribution is 5.96. The van der Waals surface area contributed by atoms with Crippen molar-refractivity contribution >= 4 is 23.6 Å². The number of carbonyl (C=O) groups is 2. The maximum atomic E-state index is 14.1. The molecule has 2 N–H and O–H groups in total. The fourth-order valence-corrected chi connectivity index (χ4v) is 5.80. The second-order valence-electron chi connectivity index (χ2n) is 10.3. The van der Waals surface area contributed by atoms with Crippen LogP contribution in [0.25, 0.3) is 0 Å². The molecule has 1 saturated carbocycles. The third kappa shape index (κ3) is 4.58. The smallest absolute Gasteiger partial charge is 0.353 e. The first-order valence-corrected chi connectivity index (χ1v) is 12.3. The summed E-state index contributed by atoms with van der Waals surface area (Å²) < 4.78 is 42.3. The van der Waals surface area contributed by atoms with E-state index >= 15 is 0 Å². The van der Waals surface area contributed by atoms with Crippen molar-refractivity contribution in [2.45, 2.75) is 42.9 Å². The molecule has 0 bridgehead atoms. The molecule has 0 atom stereocenters. The molecule has 12 heteroatoms. The highest BCUT2D eigenvalue weighted by atomic mass is 19.4. The van der Waals surface area contributed by atoms with Gasteiger partial charge in [0, 0.05) is 18.6 Å². The van der Waals surface area contributed by atoms with Crippen LogP contribution in [0.2, 0.25) is 0 Å². The number of anilines is 2. The van der Waals surface area contributed by atoms with E-state index in [2.05, 4.69) is 37.6 Å². The van der Waals surface area contributed by atoms with E-state index in [1.54, 1.807) is 0 Å². The van der Waals surface area contributed by atoms with Gasteiger partial charge in [-0.3, -0.25) is 14.6 Å². The number of rotatable bonds is 4. The molecule has 2 aliphatic heterocycles. The molecule has 5 rings (SSSR count). The van der Waals surface area contributed by atoms with E-state index in [1.807, 2.05) is 32.3 Å². The summed E-state index contributed by atoms with van der Waals surface area (Å²) in [4.78, 5) is 37.3. The summed E-state index contributed by atoms with van der Waals surface area (Å²) in [5.41, 5.74) is -1.23. The van der Waals surface area contributed by atoms with Gasteiger partial charge in [0.2, 0.25) is 11.9 Å².